The van der Waals surface area contributed by atoms with Crippen LogP contribution >= 0.6 is 15.9 Å². The molecule has 0 radical (unpaired) electrons. The maximum atomic E-state index is 10.9. The molecule has 0 aliphatic heterocycles. The van der Waals surface area contributed by atoms with Crippen LogP contribution in [0, 0.1) is 10.1 Å². The molecular weight excluding hydrogens is 314 g/mol. The molecule has 0 unspecified atom stereocenters. The minimum absolute atomic E-state index is 0.136. The highest BCUT2D eigenvalue weighted by Crippen LogP contribution is 2.37. The molecule has 1 heterocycles. The third kappa shape index (κ3) is 3.00. The summed E-state index contributed by atoms with van der Waals surface area (Å²) < 4.78 is 5.97. The van der Waals surface area contributed by atoms with Gasteiger partial charge in [-0.2, -0.15) is 0 Å². The summed E-state index contributed by atoms with van der Waals surface area (Å²) in [5.41, 5.74) is 0.739. The van der Waals surface area contributed by atoms with Crippen molar-refractivity contribution >= 4 is 27.3 Å². The number of benzene rings is 1. The lowest BCUT2D eigenvalue weighted by atomic mass is 10.3. The topological polar surface area (TPSA) is 77.3 Å². The number of anilines is 1. The second-order valence-electron chi connectivity index (χ2n) is 3.60. The molecule has 0 aliphatic rings. The van der Waals surface area contributed by atoms with Gasteiger partial charge in [0.2, 0.25) is 5.75 Å². The van der Waals surface area contributed by atoms with Crippen molar-refractivity contribution in [2.75, 3.05) is 12.4 Å². The van der Waals surface area contributed by atoms with Crippen molar-refractivity contribution in [2.45, 2.75) is 0 Å². The second kappa shape index (κ2) is 5.66. The first-order valence-electron chi connectivity index (χ1n) is 5.35. The molecule has 0 aliphatic carbocycles. The Morgan fingerprint density at radius 1 is 1.32 bits per heavy atom. The van der Waals surface area contributed by atoms with E-state index in [4.69, 9.17) is 4.74 Å². The van der Waals surface area contributed by atoms with Crippen LogP contribution in [0.4, 0.5) is 11.4 Å². The van der Waals surface area contributed by atoms with Gasteiger partial charge in [-0.25, -0.2) is 0 Å². The van der Waals surface area contributed by atoms with E-state index in [9.17, 15) is 10.1 Å². The van der Waals surface area contributed by atoms with E-state index in [2.05, 4.69) is 26.2 Å². The number of ether oxygens (including phenoxy) is 1. The molecule has 2 rings (SSSR count). The van der Waals surface area contributed by atoms with Crippen molar-refractivity contribution in [1.29, 1.82) is 0 Å². The predicted octanol–water partition coefficient (Wildman–Crippen LogP) is 3.59. The van der Waals surface area contributed by atoms with Gasteiger partial charge in [-0.1, -0.05) is 0 Å². The van der Waals surface area contributed by atoms with Gasteiger partial charge in [0.05, 0.1) is 9.40 Å². The Morgan fingerprint density at radius 2 is 2.00 bits per heavy atom. The van der Waals surface area contributed by atoms with Crippen LogP contribution in [-0.2, 0) is 0 Å². The van der Waals surface area contributed by atoms with Crippen molar-refractivity contribution in [3.63, 3.8) is 0 Å². The van der Waals surface area contributed by atoms with Gasteiger partial charge in [0, 0.05) is 18.9 Å². The Kier molecular flexibility index (Phi) is 3.96. The number of aromatic nitrogens is 1. The number of nitrogens with zero attached hydrogens (tertiary/aromatic N) is 2. The molecule has 0 saturated carbocycles. The SMILES string of the molecule is CNc1ccc(Oc2c(Br)cncc2[N+](=O)[O-])cc1. The molecule has 0 spiro atoms. The van der Waals surface area contributed by atoms with Crippen molar-refractivity contribution in [1.82, 2.24) is 4.98 Å². The molecule has 0 saturated heterocycles. The number of nitro groups is 1. The van der Waals surface area contributed by atoms with Crippen LogP contribution in [0.15, 0.2) is 41.1 Å². The summed E-state index contributed by atoms with van der Waals surface area (Å²) in [6, 6.07) is 7.08. The summed E-state index contributed by atoms with van der Waals surface area (Å²) >= 11 is 3.20. The van der Waals surface area contributed by atoms with Crippen LogP contribution in [0.3, 0.4) is 0 Å². The summed E-state index contributed by atoms with van der Waals surface area (Å²) in [6.07, 6.45) is 2.60. The first-order valence-corrected chi connectivity index (χ1v) is 6.14. The maximum absolute atomic E-state index is 10.9. The zero-order chi connectivity index (χ0) is 13.8. The molecule has 6 nitrogen and oxygen atoms in total. The fourth-order valence-corrected chi connectivity index (χ4v) is 1.85. The molecule has 0 atom stereocenters. The predicted molar refractivity (Wildman–Crippen MR) is 74.7 cm³/mol. The van der Waals surface area contributed by atoms with Gasteiger partial charge in [-0.3, -0.25) is 15.1 Å². The van der Waals surface area contributed by atoms with Gasteiger partial charge in [-0.15, -0.1) is 0 Å². The molecule has 1 aromatic carbocycles. The lowest BCUT2D eigenvalue weighted by Crippen LogP contribution is -1.95. The van der Waals surface area contributed by atoms with Gasteiger partial charge in [0.15, 0.2) is 0 Å². The fourth-order valence-electron chi connectivity index (χ4n) is 1.45. The van der Waals surface area contributed by atoms with Gasteiger partial charge >= 0.3 is 5.69 Å². The normalized spacial score (nSPS) is 10.0. The fraction of sp³-hybridized carbons (Fsp3) is 0.0833. The first-order chi connectivity index (χ1) is 9.11. The van der Waals surface area contributed by atoms with E-state index in [1.165, 1.54) is 6.20 Å². The van der Waals surface area contributed by atoms with E-state index in [-0.39, 0.29) is 11.4 Å². The summed E-state index contributed by atoms with van der Waals surface area (Å²) in [4.78, 5) is 14.1. The number of pyridine rings is 1. The highest BCUT2D eigenvalue weighted by Gasteiger charge is 2.19. The standard InChI is InChI=1S/C12H10BrN3O3/c1-14-8-2-4-9(5-3-8)19-12-10(13)6-15-7-11(12)16(17)18/h2-7,14H,1H3. The van der Waals surface area contributed by atoms with E-state index in [1.807, 2.05) is 12.1 Å². The Bertz CT molecular complexity index is 602. The Balaban J connectivity index is 2.34. The van der Waals surface area contributed by atoms with Crippen LogP contribution in [0.25, 0.3) is 0 Å². The quantitative estimate of drug-likeness (QED) is 0.687. The van der Waals surface area contributed by atoms with E-state index >= 15 is 0 Å². The maximum Gasteiger partial charge on any atom is 0.330 e. The number of nitrogens with one attached hydrogen (secondary N) is 1. The Hall–Kier alpha value is -2.15. The van der Waals surface area contributed by atoms with E-state index in [0.717, 1.165) is 11.9 Å². The van der Waals surface area contributed by atoms with E-state index in [0.29, 0.717) is 10.2 Å². The molecule has 98 valence electrons. The molecule has 1 aromatic heterocycles. The average molecular weight is 324 g/mol. The number of halogens is 1. The van der Waals surface area contributed by atoms with Crippen LogP contribution in [0.5, 0.6) is 11.5 Å². The highest BCUT2D eigenvalue weighted by molar-refractivity contribution is 9.10. The number of hydrogen-bond acceptors (Lipinski definition) is 5. The van der Waals surface area contributed by atoms with Crippen LogP contribution in [0.1, 0.15) is 0 Å². The van der Waals surface area contributed by atoms with E-state index < -0.39 is 4.92 Å². The monoisotopic (exact) mass is 323 g/mol. The van der Waals surface area contributed by atoms with Crippen molar-refractivity contribution < 1.29 is 9.66 Å². The average Bonchev–Trinajstić information content (AvgIpc) is 2.41. The highest BCUT2D eigenvalue weighted by atomic mass is 79.9. The van der Waals surface area contributed by atoms with Gasteiger partial charge in [-0.05, 0) is 40.2 Å². The third-order valence-electron chi connectivity index (χ3n) is 2.39. The van der Waals surface area contributed by atoms with Crippen molar-refractivity contribution in [3.05, 3.63) is 51.2 Å². The van der Waals surface area contributed by atoms with Gasteiger partial charge < -0.3 is 10.1 Å². The third-order valence-corrected chi connectivity index (χ3v) is 2.96. The second-order valence-corrected chi connectivity index (χ2v) is 4.46. The van der Waals surface area contributed by atoms with Gasteiger partial charge in [0.1, 0.15) is 11.9 Å². The zero-order valence-corrected chi connectivity index (χ0v) is 11.5. The minimum Gasteiger partial charge on any atom is -0.449 e. The molecule has 0 fully saturated rings. The lowest BCUT2D eigenvalue weighted by Gasteiger charge is -2.08. The van der Waals surface area contributed by atoms with Crippen LogP contribution in [-0.4, -0.2) is 17.0 Å². The zero-order valence-electron chi connectivity index (χ0n) is 9.96. The summed E-state index contributed by atoms with van der Waals surface area (Å²) in [6.45, 7) is 0. The largest absolute Gasteiger partial charge is 0.449 e. The Morgan fingerprint density at radius 3 is 2.58 bits per heavy atom. The summed E-state index contributed by atoms with van der Waals surface area (Å²) in [7, 11) is 1.81. The number of hydrogen-bond donors (Lipinski definition) is 1. The first kappa shape index (κ1) is 13.3. The van der Waals surface area contributed by atoms with E-state index in [1.54, 1.807) is 19.2 Å². The Labute approximate surface area is 117 Å². The van der Waals surface area contributed by atoms with Gasteiger partial charge in [0.25, 0.3) is 0 Å². The lowest BCUT2D eigenvalue weighted by molar-refractivity contribution is -0.386. The molecule has 19 heavy (non-hydrogen) atoms. The van der Waals surface area contributed by atoms with Crippen molar-refractivity contribution in [2.24, 2.45) is 0 Å². The smallest absolute Gasteiger partial charge is 0.330 e. The molecule has 1 N–H and O–H groups in total. The van der Waals surface area contributed by atoms with Crippen LogP contribution < -0.4 is 10.1 Å². The number of rotatable bonds is 4. The summed E-state index contributed by atoms with van der Waals surface area (Å²) in [5.74, 6) is 0.645. The van der Waals surface area contributed by atoms with Crippen LogP contribution in [0.2, 0.25) is 0 Å². The minimum atomic E-state index is -0.533. The summed E-state index contributed by atoms with van der Waals surface area (Å²) in [5, 5.41) is 13.9. The molecular formula is C12H10BrN3O3. The molecule has 0 amide bonds. The van der Waals surface area contributed by atoms with Crippen molar-refractivity contribution in [3.8, 4) is 11.5 Å². The molecule has 7 heteroatoms. The molecule has 2 aromatic rings. The molecule has 0 bridgehead atoms.